The van der Waals surface area contributed by atoms with Gasteiger partial charge >= 0.3 is 0 Å². The molecule has 1 aromatic carbocycles. The second kappa shape index (κ2) is 5.89. The first-order valence-corrected chi connectivity index (χ1v) is 6.53. The van der Waals surface area contributed by atoms with Crippen molar-refractivity contribution in [1.29, 1.82) is 0 Å². The van der Waals surface area contributed by atoms with Gasteiger partial charge in [0.1, 0.15) is 5.82 Å². The zero-order valence-electron chi connectivity index (χ0n) is 12.1. The van der Waals surface area contributed by atoms with E-state index >= 15 is 0 Å². The van der Waals surface area contributed by atoms with E-state index in [-0.39, 0.29) is 0 Å². The molecular formula is C15H22N4. The third-order valence-corrected chi connectivity index (χ3v) is 3.35. The van der Waals surface area contributed by atoms with E-state index in [0.717, 1.165) is 18.9 Å². The number of aryl methyl sites for hydroxylation is 2. The van der Waals surface area contributed by atoms with Crippen LogP contribution in [-0.4, -0.2) is 23.6 Å². The molecule has 1 aromatic heterocycles. The lowest BCUT2D eigenvalue weighted by Crippen LogP contribution is -2.20. The van der Waals surface area contributed by atoms with Crippen LogP contribution < -0.4 is 10.2 Å². The monoisotopic (exact) mass is 258 g/mol. The molecule has 1 N–H and O–H groups in total. The maximum absolute atomic E-state index is 4.37. The number of nitrogens with one attached hydrogen (secondary N) is 1. The molecule has 0 atom stereocenters. The molecule has 0 aliphatic carbocycles. The van der Waals surface area contributed by atoms with Crippen LogP contribution in [0.25, 0.3) is 0 Å². The third kappa shape index (κ3) is 3.15. The van der Waals surface area contributed by atoms with Crippen LogP contribution in [0, 0.1) is 6.92 Å². The van der Waals surface area contributed by atoms with Crippen molar-refractivity contribution in [1.82, 2.24) is 14.9 Å². The Balaban J connectivity index is 2.15. The molecule has 0 amide bonds. The standard InChI is InChI=1S/C15H22N4/c1-12-9-13(10-16-2)5-6-14(12)19(4)11-15-17-7-8-18(15)3/h5-9,16H,10-11H2,1-4H3. The van der Waals surface area contributed by atoms with Gasteiger partial charge in [-0.05, 0) is 31.2 Å². The molecule has 4 nitrogen and oxygen atoms in total. The number of hydrogen-bond donors (Lipinski definition) is 1. The number of imidazole rings is 1. The second-order valence-electron chi connectivity index (χ2n) is 4.96. The summed E-state index contributed by atoms with van der Waals surface area (Å²) >= 11 is 0. The Kier molecular flexibility index (Phi) is 4.22. The van der Waals surface area contributed by atoms with Crippen LogP contribution in [0.2, 0.25) is 0 Å². The summed E-state index contributed by atoms with van der Waals surface area (Å²) in [5.74, 6) is 1.07. The summed E-state index contributed by atoms with van der Waals surface area (Å²) in [6.07, 6.45) is 3.82. The summed E-state index contributed by atoms with van der Waals surface area (Å²) in [6.45, 7) is 3.88. The van der Waals surface area contributed by atoms with E-state index < -0.39 is 0 Å². The minimum Gasteiger partial charge on any atom is -0.367 e. The van der Waals surface area contributed by atoms with Crippen LogP contribution in [0.15, 0.2) is 30.6 Å². The van der Waals surface area contributed by atoms with Crippen LogP contribution in [0.5, 0.6) is 0 Å². The molecule has 0 saturated heterocycles. The molecule has 0 unspecified atom stereocenters. The van der Waals surface area contributed by atoms with Crippen LogP contribution in [0.1, 0.15) is 17.0 Å². The van der Waals surface area contributed by atoms with Gasteiger partial charge in [0.2, 0.25) is 0 Å². The molecule has 0 radical (unpaired) electrons. The highest BCUT2D eigenvalue weighted by molar-refractivity contribution is 5.53. The fraction of sp³-hybridized carbons (Fsp3) is 0.400. The largest absolute Gasteiger partial charge is 0.367 e. The average molecular weight is 258 g/mol. The van der Waals surface area contributed by atoms with E-state index in [1.54, 1.807) is 0 Å². The fourth-order valence-corrected chi connectivity index (χ4v) is 2.31. The van der Waals surface area contributed by atoms with Gasteiger partial charge in [0.25, 0.3) is 0 Å². The zero-order valence-corrected chi connectivity index (χ0v) is 12.1. The second-order valence-corrected chi connectivity index (χ2v) is 4.96. The van der Waals surface area contributed by atoms with Gasteiger partial charge in [0, 0.05) is 38.7 Å². The lowest BCUT2D eigenvalue weighted by atomic mass is 10.1. The maximum Gasteiger partial charge on any atom is 0.127 e. The van der Waals surface area contributed by atoms with Gasteiger partial charge in [0.15, 0.2) is 0 Å². The van der Waals surface area contributed by atoms with Gasteiger partial charge in [-0.3, -0.25) is 0 Å². The molecule has 2 aromatic rings. The van der Waals surface area contributed by atoms with E-state index in [2.05, 4.69) is 51.9 Å². The SMILES string of the molecule is CNCc1ccc(N(C)Cc2nccn2C)c(C)c1. The lowest BCUT2D eigenvalue weighted by molar-refractivity contribution is 0.759. The van der Waals surface area contributed by atoms with Crippen LogP contribution in [-0.2, 0) is 20.1 Å². The molecule has 0 aliphatic heterocycles. The van der Waals surface area contributed by atoms with Gasteiger partial charge in [-0.1, -0.05) is 12.1 Å². The van der Waals surface area contributed by atoms with Gasteiger partial charge < -0.3 is 14.8 Å². The van der Waals surface area contributed by atoms with E-state index in [0.29, 0.717) is 0 Å². The summed E-state index contributed by atoms with van der Waals surface area (Å²) in [6, 6.07) is 6.60. The van der Waals surface area contributed by atoms with E-state index in [4.69, 9.17) is 0 Å². The summed E-state index contributed by atoms with van der Waals surface area (Å²) < 4.78 is 2.06. The minimum absolute atomic E-state index is 0.815. The number of aromatic nitrogens is 2. The first kappa shape index (κ1) is 13.6. The van der Waals surface area contributed by atoms with Gasteiger partial charge in [0.05, 0.1) is 6.54 Å². The first-order chi connectivity index (χ1) is 9.11. The summed E-state index contributed by atoms with van der Waals surface area (Å²) in [5.41, 5.74) is 3.86. The Bertz CT molecular complexity index is 545. The molecule has 2 rings (SSSR count). The van der Waals surface area contributed by atoms with E-state index in [9.17, 15) is 0 Å². The van der Waals surface area contributed by atoms with E-state index in [1.165, 1.54) is 16.8 Å². The Morgan fingerprint density at radius 2 is 2.16 bits per heavy atom. The molecule has 0 aliphatic rings. The highest BCUT2D eigenvalue weighted by atomic mass is 15.2. The zero-order chi connectivity index (χ0) is 13.8. The summed E-state index contributed by atoms with van der Waals surface area (Å²) in [7, 11) is 6.10. The smallest absolute Gasteiger partial charge is 0.127 e. The van der Waals surface area contributed by atoms with Crippen LogP contribution in [0.3, 0.4) is 0 Å². The number of rotatable bonds is 5. The predicted molar refractivity (Wildman–Crippen MR) is 79.3 cm³/mol. The number of benzene rings is 1. The van der Waals surface area contributed by atoms with Crippen molar-refractivity contribution in [3.8, 4) is 0 Å². The van der Waals surface area contributed by atoms with Crippen molar-refractivity contribution < 1.29 is 0 Å². The molecule has 0 saturated carbocycles. The molecular weight excluding hydrogens is 236 g/mol. The van der Waals surface area contributed by atoms with Crippen molar-refractivity contribution in [2.24, 2.45) is 7.05 Å². The quantitative estimate of drug-likeness (QED) is 0.891. The molecule has 102 valence electrons. The molecule has 19 heavy (non-hydrogen) atoms. The highest BCUT2D eigenvalue weighted by Crippen LogP contribution is 2.21. The predicted octanol–water partition coefficient (Wildman–Crippen LogP) is 2.08. The highest BCUT2D eigenvalue weighted by Gasteiger charge is 2.08. The molecule has 0 bridgehead atoms. The summed E-state index contributed by atoms with van der Waals surface area (Å²) in [4.78, 5) is 6.61. The van der Waals surface area contributed by atoms with Crippen LogP contribution in [0.4, 0.5) is 5.69 Å². The molecule has 4 heteroatoms. The van der Waals surface area contributed by atoms with Gasteiger partial charge in [-0.15, -0.1) is 0 Å². The van der Waals surface area contributed by atoms with Crippen molar-refractivity contribution >= 4 is 5.69 Å². The Hall–Kier alpha value is -1.81. The lowest BCUT2D eigenvalue weighted by Gasteiger charge is -2.21. The fourth-order valence-electron chi connectivity index (χ4n) is 2.31. The molecule has 1 heterocycles. The number of hydrogen-bond acceptors (Lipinski definition) is 3. The maximum atomic E-state index is 4.37. The Morgan fingerprint density at radius 1 is 1.37 bits per heavy atom. The molecule has 0 spiro atoms. The number of anilines is 1. The van der Waals surface area contributed by atoms with Crippen molar-refractivity contribution in [3.63, 3.8) is 0 Å². The molecule has 0 fully saturated rings. The normalized spacial score (nSPS) is 10.7. The Labute approximate surface area is 115 Å². The van der Waals surface area contributed by atoms with Gasteiger partial charge in [-0.25, -0.2) is 4.98 Å². The summed E-state index contributed by atoms with van der Waals surface area (Å²) in [5, 5.41) is 3.18. The van der Waals surface area contributed by atoms with Crippen LogP contribution >= 0.6 is 0 Å². The third-order valence-electron chi connectivity index (χ3n) is 3.35. The van der Waals surface area contributed by atoms with Crippen molar-refractivity contribution in [3.05, 3.63) is 47.5 Å². The first-order valence-electron chi connectivity index (χ1n) is 6.53. The van der Waals surface area contributed by atoms with E-state index in [1.807, 2.05) is 26.5 Å². The average Bonchev–Trinajstić information content (AvgIpc) is 2.75. The minimum atomic E-state index is 0.815. The number of nitrogens with zero attached hydrogens (tertiary/aromatic N) is 3. The topological polar surface area (TPSA) is 33.1 Å². The van der Waals surface area contributed by atoms with Crippen molar-refractivity contribution in [2.45, 2.75) is 20.0 Å². The van der Waals surface area contributed by atoms with Gasteiger partial charge in [-0.2, -0.15) is 0 Å². The Morgan fingerprint density at radius 3 is 2.74 bits per heavy atom. The van der Waals surface area contributed by atoms with Crippen molar-refractivity contribution in [2.75, 3.05) is 19.0 Å².